The molecule has 0 aliphatic heterocycles. The second-order valence-corrected chi connectivity index (χ2v) is 4.77. The number of benzene rings is 2. The lowest BCUT2D eigenvalue weighted by Crippen LogP contribution is -2.41. The predicted molar refractivity (Wildman–Crippen MR) is 82.4 cm³/mol. The molecule has 1 N–H and O–H groups in total. The molecule has 3 amide bonds. The van der Waals surface area contributed by atoms with Gasteiger partial charge >= 0.3 is 6.03 Å². The van der Waals surface area contributed by atoms with Crippen molar-refractivity contribution in [2.75, 3.05) is 0 Å². The lowest BCUT2D eigenvalue weighted by atomic mass is 10.2. The number of carbonyl (C=O) groups excluding carboxylic acids is 2. The third-order valence-corrected chi connectivity index (χ3v) is 2.91. The molecule has 114 valence electrons. The van der Waals surface area contributed by atoms with E-state index in [2.05, 4.69) is 5.32 Å². The molecule has 0 unspecified atom stereocenters. The SMILES string of the molecule is CC(=O)NC(=O)N(Cc1ccccc1)OCc1ccccc1. The summed E-state index contributed by atoms with van der Waals surface area (Å²) in [5, 5.41) is 3.38. The van der Waals surface area contributed by atoms with Crippen LogP contribution in [0, 0.1) is 0 Å². The van der Waals surface area contributed by atoms with E-state index in [-0.39, 0.29) is 13.2 Å². The zero-order valence-electron chi connectivity index (χ0n) is 12.4. The zero-order chi connectivity index (χ0) is 15.8. The van der Waals surface area contributed by atoms with Crippen LogP contribution in [0.2, 0.25) is 0 Å². The maximum Gasteiger partial charge on any atom is 0.348 e. The molecule has 0 aliphatic rings. The van der Waals surface area contributed by atoms with E-state index in [1.807, 2.05) is 60.7 Å². The van der Waals surface area contributed by atoms with Gasteiger partial charge in [-0.25, -0.2) is 4.79 Å². The van der Waals surface area contributed by atoms with Gasteiger partial charge in [0, 0.05) is 6.92 Å². The van der Waals surface area contributed by atoms with E-state index >= 15 is 0 Å². The van der Waals surface area contributed by atoms with E-state index in [1.165, 1.54) is 6.92 Å². The van der Waals surface area contributed by atoms with Crippen LogP contribution in [-0.2, 0) is 22.8 Å². The number of hydroxylamine groups is 2. The molecule has 0 aromatic heterocycles. The molecule has 0 aliphatic carbocycles. The highest BCUT2D eigenvalue weighted by Crippen LogP contribution is 2.08. The smallest absolute Gasteiger partial charge is 0.276 e. The van der Waals surface area contributed by atoms with Crippen molar-refractivity contribution in [1.82, 2.24) is 10.4 Å². The number of urea groups is 1. The van der Waals surface area contributed by atoms with E-state index in [1.54, 1.807) is 0 Å². The van der Waals surface area contributed by atoms with Gasteiger partial charge in [0.25, 0.3) is 0 Å². The van der Waals surface area contributed by atoms with Crippen LogP contribution in [0.25, 0.3) is 0 Å². The fraction of sp³-hybridized carbons (Fsp3) is 0.176. The van der Waals surface area contributed by atoms with Crippen molar-refractivity contribution in [3.05, 3.63) is 71.8 Å². The number of amides is 3. The first-order chi connectivity index (χ1) is 10.6. The third kappa shape index (κ3) is 5.03. The standard InChI is InChI=1S/C17H18N2O3/c1-14(20)18-17(21)19(12-15-8-4-2-5-9-15)22-13-16-10-6-3-7-11-16/h2-11H,12-13H2,1H3,(H,18,20,21). The van der Waals surface area contributed by atoms with Gasteiger partial charge in [-0.3, -0.25) is 14.9 Å². The first kappa shape index (κ1) is 15.7. The summed E-state index contributed by atoms with van der Waals surface area (Å²) >= 11 is 0. The lowest BCUT2D eigenvalue weighted by Gasteiger charge is -2.21. The van der Waals surface area contributed by atoms with Crippen LogP contribution < -0.4 is 5.32 Å². The molecule has 5 heteroatoms. The Morgan fingerprint density at radius 2 is 1.50 bits per heavy atom. The van der Waals surface area contributed by atoms with Crippen LogP contribution >= 0.6 is 0 Å². The molecule has 0 saturated heterocycles. The van der Waals surface area contributed by atoms with Crippen molar-refractivity contribution in [2.45, 2.75) is 20.1 Å². The molecule has 5 nitrogen and oxygen atoms in total. The Hall–Kier alpha value is -2.66. The first-order valence-electron chi connectivity index (χ1n) is 6.95. The number of nitrogens with zero attached hydrogens (tertiary/aromatic N) is 1. The second kappa shape index (κ2) is 7.95. The molecule has 0 atom stereocenters. The molecule has 0 radical (unpaired) electrons. The maximum atomic E-state index is 12.0. The van der Waals surface area contributed by atoms with E-state index in [0.29, 0.717) is 0 Å². The molecule has 2 aromatic rings. The highest BCUT2D eigenvalue weighted by Gasteiger charge is 2.16. The van der Waals surface area contributed by atoms with Gasteiger partial charge in [0.05, 0.1) is 6.54 Å². The molecule has 22 heavy (non-hydrogen) atoms. The van der Waals surface area contributed by atoms with Crippen molar-refractivity contribution in [1.29, 1.82) is 0 Å². The Morgan fingerprint density at radius 3 is 2.05 bits per heavy atom. The summed E-state index contributed by atoms with van der Waals surface area (Å²) in [5.41, 5.74) is 1.85. The summed E-state index contributed by atoms with van der Waals surface area (Å²) in [4.78, 5) is 28.7. The van der Waals surface area contributed by atoms with E-state index in [9.17, 15) is 9.59 Å². The maximum absolute atomic E-state index is 12.0. The van der Waals surface area contributed by atoms with Crippen molar-refractivity contribution < 1.29 is 14.4 Å². The van der Waals surface area contributed by atoms with Gasteiger partial charge in [0.2, 0.25) is 5.91 Å². The minimum Gasteiger partial charge on any atom is -0.276 e. The summed E-state index contributed by atoms with van der Waals surface area (Å²) in [5.74, 6) is -0.425. The highest BCUT2D eigenvalue weighted by atomic mass is 16.7. The number of rotatable bonds is 5. The average Bonchev–Trinajstić information content (AvgIpc) is 2.52. The molecule has 0 spiro atoms. The molecule has 2 rings (SSSR count). The van der Waals surface area contributed by atoms with Crippen molar-refractivity contribution in [2.24, 2.45) is 0 Å². The summed E-state index contributed by atoms with van der Waals surface area (Å²) < 4.78 is 0. The Balaban J connectivity index is 2.04. The van der Waals surface area contributed by atoms with Gasteiger partial charge in [-0.1, -0.05) is 60.7 Å². The van der Waals surface area contributed by atoms with E-state index in [4.69, 9.17) is 4.84 Å². The van der Waals surface area contributed by atoms with Gasteiger partial charge < -0.3 is 0 Å². The summed E-state index contributed by atoms with van der Waals surface area (Å²) in [6.07, 6.45) is 0. The lowest BCUT2D eigenvalue weighted by molar-refractivity contribution is -0.138. The Kier molecular flexibility index (Phi) is 5.68. The zero-order valence-corrected chi connectivity index (χ0v) is 12.4. The van der Waals surface area contributed by atoms with Gasteiger partial charge in [-0.05, 0) is 11.1 Å². The number of imide groups is 1. The Bertz CT molecular complexity index is 614. The summed E-state index contributed by atoms with van der Waals surface area (Å²) in [7, 11) is 0. The molecule has 2 aromatic carbocycles. The summed E-state index contributed by atoms with van der Waals surface area (Å²) in [6.45, 7) is 1.79. The van der Waals surface area contributed by atoms with Crippen molar-refractivity contribution in [3.8, 4) is 0 Å². The highest BCUT2D eigenvalue weighted by molar-refractivity contribution is 5.92. The average molecular weight is 298 g/mol. The molecule has 0 fully saturated rings. The van der Waals surface area contributed by atoms with Crippen LogP contribution in [0.15, 0.2) is 60.7 Å². The molecular formula is C17H18N2O3. The van der Waals surface area contributed by atoms with E-state index in [0.717, 1.165) is 16.2 Å². The van der Waals surface area contributed by atoms with Crippen LogP contribution in [0.3, 0.4) is 0 Å². The largest absolute Gasteiger partial charge is 0.348 e. The second-order valence-electron chi connectivity index (χ2n) is 4.77. The van der Waals surface area contributed by atoms with Gasteiger partial charge in [0.1, 0.15) is 6.61 Å². The molecule has 0 heterocycles. The summed E-state index contributed by atoms with van der Waals surface area (Å²) in [6, 6.07) is 18.4. The number of hydrogen-bond acceptors (Lipinski definition) is 3. The minimum absolute atomic E-state index is 0.249. The number of nitrogens with one attached hydrogen (secondary N) is 1. The van der Waals surface area contributed by atoms with Crippen LogP contribution in [-0.4, -0.2) is 17.0 Å². The topological polar surface area (TPSA) is 58.6 Å². The fourth-order valence-electron chi connectivity index (χ4n) is 1.86. The Labute approximate surface area is 129 Å². The van der Waals surface area contributed by atoms with Gasteiger partial charge in [0.15, 0.2) is 0 Å². The van der Waals surface area contributed by atoms with E-state index < -0.39 is 11.9 Å². The minimum atomic E-state index is -0.577. The van der Waals surface area contributed by atoms with Crippen LogP contribution in [0.1, 0.15) is 18.1 Å². The number of carbonyl (C=O) groups is 2. The monoisotopic (exact) mass is 298 g/mol. The van der Waals surface area contributed by atoms with Crippen LogP contribution in [0.5, 0.6) is 0 Å². The van der Waals surface area contributed by atoms with Gasteiger partial charge in [-0.15, -0.1) is 0 Å². The van der Waals surface area contributed by atoms with Gasteiger partial charge in [-0.2, -0.15) is 5.06 Å². The van der Waals surface area contributed by atoms with Crippen LogP contribution in [0.4, 0.5) is 4.79 Å². The Morgan fingerprint density at radius 1 is 0.955 bits per heavy atom. The normalized spacial score (nSPS) is 10.0. The third-order valence-electron chi connectivity index (χ3n) is 2.91. The molecular weight excluding hydrogens is 280 g/mol. The molecule has 0 saturated carbocycles. The number of hydrogen-bond donors (Lipinski definition) is 1. The quantitative estimate of drug-likeness (QED) is 0.863. The molecule has 0 bridgehead atoms. The van der Waals surface area contributed by atoms with Crippen molar-refractivity contribution >= 4 is 11.9 Å². The first-order valence-corrected chi connectivity index (χ1v) is 6.95. The van der Waals surface area contributed by atoms with Crippen molar-refractivity contribution in [3.63, 3.8) is 0 Å². The fourth-order valence-corrected chi connectivity index (χ4v) is 1.86. The predicted octanol–water partition coefficient (Wildman–Crippen LogP) is 2.88.